The molecule has 27 heavy (non-hydrogen) atoms. The second kappa shape index (κ2) is 4.94. The largest absolute Gasteiger partial charge is 0.299 e. The fraction of sp³-hybridized carbons (Fsp3) is 0.375. The Morgan fingerprint density at radius 1 is 0.852 bits per heavy atom. The van der Waals surface area contributed by atoms with E-state index in [1.807, 2.05) is 0 Å². The topological polar surface area (TPSA) is 17.3 Å². The van der Waals surface area contributed by atoms with Crippen LogP contribution in [-0.2, 0) is 10.8 Å². The second-order valence-electron chi connectivity index (χ2n) is 9.58. The van der Waals surface area contributed by atoms with E-state index in [-0.39, 0.29) is 16.2 Å². The van der Waals surface area contributed by atoms with E-state index in [4.69, 9.17) is 4.98 Å². The molecule has 0 radical (unpaired) electrons. The van der Waals surface area contributed by atoms with Gasteiger partial charge in [-0.05, 0) is 51.6 Å². The molecular formula is C24H25BrN2. The van der Waals surface area contributed by atoms with E-state index in [1.165, 1.54) is 27.4 Å². The third kappa shape index (κ3) is 1.89. The second-order valence-corrected chi connectivity index (χ2v) is 10.4. The molecular weight excluding hydrogens is 396 g/mol. The number of nitrogens with zero attached hydrogens (tertiary/aromatic N) is 2. The number of hydrogen-bond acceptors (Lipinski definition) is 1. The predicted molar refractivity (Wildman–Crippen MR) is 118 cm³/mol. The van der Waals surface area contributed by atoms with Gasteiger partial charge in [0.2, 0.25) is 0 Å². The average molecular weight is 421 g/mol. The zero-order chi connectivity index (χ0) is 19.4. The fourth-order valence-corrected chi connectivity index (χ4v) is 5.52. The molecule has 138 valence electrons. The molecule has 0 spiro atoms. The molecule has 1 aliphatic carbocycles. The first-order valence-electron chi connectivity index (χ1n) is 9.61. The van der Waals surface area contributed by atoms with Gasteiger partial charge in [-0.15, -0.1) is 0 Å². The van der Waals surface area contributed by atoms with Crippen LogP contribution in [0.5, 0.6) is 0 Å². The lowest BCUT2D eigenvalue weighted by Crippen LogP contribution is -2.42. The van der Waals surface area contributed by atoms with E-state index in [9.17, 15) is 0 Å². The number of hydrogen-bond donors (Lipinski definition) is 0. The van der Waals surface area contributed by atoms with Crippen LogP contribution < -0.4 is 0 Å². The van der Waals surface area contributed by atoms with Gasteiger partial charge in [-0.25, -0.2) is 4.98 Å². The summed E-state index contributed by atoms with van der Waals surface area (Å²) in [7, 11) is 0. The Balaban J connectivity index is 1.92. The third-order valence-corrected chi connectivity index (χ3v) is 8.68. The minimum absolute atomic E-state index is 0.0981. The molecule has 0 amide bonds. The molecule has 0 unspecified atom stereocenters. The first-order valence-corrected chi connectivity index (χ1v) is 10.4. The minimum atomic E-state index is 0.0981. The maximum absolute atomic E-state index is 5.07. The fourth-order valence-electron chi connectivity index (χ4n) is 5.02. The highest BCUT2D eigenvalue weighted by Crippen LogP contribution is 2.61. The molecule has 3 heteroatoms. The normalized spacial score (nSPS) is 19.8. The molecule has 0 N–H and O–H groups in total. The molecule has 2 aromatic carbocycles. The van der Waals surface area contributed by atoms with Crippen molar-refractivity contribution in [2.75, 3.05) is 0 Å². The minimum Gasteiger partial charge on any atom is -0.299 e. The molecule has 5 rings (SSSR count). The Kier molecular flexibility index (Phi) is 3.15. The van der Waals surface area contributed by atoms with Crippen molar-refractivity contribution in [3.05, 3.63) is 58.2 Å². The van der Waals surface area contributed by atoms with Crippen LogP contribution in [0.15, 0.2) is 47.1 Å². The van der Waals surface area contributed by atoms with Crippen LogP contribution in [0, 0.1) is 5.41 Å². The Hall–Kier alpha value is -1.87. The van der Waals surface area contributed by atoms with E-state index < -0.39 is 0 Å². The van der Waals surface area contributed by atoms with Crippen molar-refractivity contribution in [1.82, 2.24) is 9.38 Å². The summed E-state index contributed by atoms with van der Waals surface area (Å²) in [5.41, 5.74) is 6.59. The first-order chi connectivity index (χ1) is 12.6. The molecule has 1 aliphatic rings. The van der Waals surface area contributed by atoms with Crippen molar-refractivity contribution in [1.29, 1.82) is 0 Å². The van der Waals surface area contributed by atoms with Crippen molar-refractivity contribution < 1.29 is 0 Å². The standard InChI is InChI=1S/C24H25BrN2/c1-22(2)16-12-19-20(13-17(16)23(3,4)24(22,5)6)27-11-10-14-15(21(27)26-19)8-7-9-18(14)25/h7-13H,1-6H3. The van der Waals surface area contributed by atoms with Crippen LogP contribution in [-0.4, -0.2) is 9.38 Å². The highest BCUT2D eigenvalue weighted by atomic mass is 79.9. The van der Waals surface area contributed by atoms with E-state index in [0.29, 0.717) is 0 Å². The van der Waals surface area contributed by atoms with Gasteiger partial charge < -0.3 is 0 Å². The number of pyridine rings is 1. The van der Waals surface area contributed by atoms with Crippen LogP contribution in [0.2, 0.25) is 0 Å². The van der Waals surface area contributed by atoms with Gasteiger partial charge in [0, 0.05) is 21.4 Å². The van der Waals surface area contributed by atoms with Crippen molar-refractivity contribution in [2.24, 2.45) is 5.41 Å². The monoisotopic (exact) mass is 420 g/mol. The lowest BCUT2D eigenvalue weighted by Gasteiger charge is -2.44. The Morgan fingerprint density at radius 2 is 1.52 bits per heavy atom. The summed E-state index contributed by atoms with van der Waals surface area (Å²) in [6.07, 6.45) is 2.16. The lowest BCUT2D eigenvalue weighted by atomic mass is 9.59. The van der Waals surface area contributed by atoms with Crippen LogP contribution in [0.1, 0.15) is 52.7 Å². The molecule has 0 bridgehead atoms. The zero-order valence-electron chi connectivity index (χ0n) is 16.8. The molecule has 2 nitrogen and oxygen atoms in total. The number of rotatable bonds is 0. The first kappa shape index (κ1) is 17.2. The van der Waals surface area contributed by atoms with Crippen LogP contribution in [0.25, 0.3) is 27.5 Å². The molecule has 4 aromatic rings. The molecule has 0 saturated heterocycles. The summed E-state index contributed by atoms with van der Waals surface area (Å²) in [6.45, 7) is 14.4. The average Bonchev–Trinajstić information content (AvgIpc) is 3.02. The van der Waals surface area contributed by atoms with Gasteiger partial charge in [-0.1, -0.05) is 69.6 Å². The summed E-state index contributed by atoms with van der Waals surface area (Å²) >= 11 is 3.68. The predicted octanol–water partition coefficient (Wildman–Crippen LogP) is 7.00. The number of halogens is 1. The summed E-state index contributed by atoms with van der Waals surface area (Å²) < 4.78 is 3.36. The van der Waals surface area contributed by atoms with Crippen molar-refractivity contribution in [2.45, 2.75) is 52.4 Å². The third-order valence-electron chi connectivity index (χ3n) is 7.98. The highest BCUT2D eigenvalue weighted by Gasteiger charge is 2.56. The molecule has 0 fully saturated rings. The summed E-state index contributed by atoms with van der Waals surface area (Å²) in [5, 5.41) is 2.39. The quantitative estimate of drug-likeness (QED) is 0.299. The van der Waals surface area contributed by atoms with Gasteiger partial charge >= 0.3 is 0 Å². The SMILES string of the molecule is CC1(C)c2cc3nc4c5cccc(Br)c5ccn4c3cc2C(C)(C)C1(C)C. The van der Waals surface area contributed by atoms with Gasteiger partial charge in [0.15, 0.2) is 0 Å². The molecule has 2 aromatic heterocycles. The van der Waals surface area contributed by atoms with Gasteiger partial charge in [0.1, 0.15) is 5.65 Å². The zero-order valence-corrected chi connectivity index (χ0v) is 18.4. The molecule has 0 saturated carbocycles. The summed E-state index contributed by atoms with van der Waals surface area (Å²) in [4.78, 5) is 5.07. The van der Waals surface area contributed by atoms with Gasteiger partial charge in [0.25, 0.3) is 0 Å². The maximum Gasteiger partial charge on any atom is 0.145 e. The van der Waals surface area contributed by atoms with E-state index in [0.717, 1.165) is 15.6 Å². The highest BCUT2D eigenvalue weighted by molar-refractivity contribution is 9.10. The molecule has 0 aliphatic heterocycles. The van der Waals surface area contributed by atoms with Gasteiger partial charge in [-0.3, -0.25) is 4.40 Å². The summed E-state index contributed by atoms with van der Waals surface area (Å²) in [5.74, 6) is 0. The smallest absolute Gasteiger partial charge is 0.145 e. The Labute approximate surface area is 168 Å². The molecule has 2 heterocycles. The number of aromatic nitrogens is 2. The molecule has 0 atom stereocenters. The van der Waals surface area contributed by atoms with Crippen LogP contribution in [0.3, 0.4) is 0 Å². The Morgan fingerprint density at radius 3 is 2.22 bits per heavy atom. The summed E-state index contributed by atoms with van der Waals surface area (Å²) in [6, 6.07) is 13.2. The van der Waals surface area contributed by atoms with Crippen molar-refractivity contribution in [3.8, 4) is 0 Å². The van der Waals surface area contributed by atoms with Crippen LogP contribution in [0.4, 0.5) is 0 Å². The maximum atomic E-state index is 5.07. The van der Waals surface area contributed by atoms with E-state index in [2.05, 4.69) is 104 Å². The number of fused-ring (bicyclic) bond motifs is 6. The number of benzene rings is 2. The van der Waals surface area contributed by atoms with Gasteiger partial charge in [0.05, 0.1) is 11.0 Å². The van der Waals surface area contributed by atoms with E-state index >= 15 is 0 Å². The number of imidazole rings is 1. The van der Waals surface area contributed by atoms with Gasteiger partial charge in [-0.2, -0.15) is 0 Å². The van der Waals surface area contributed by atoms with Crippen LogP contribution >= 0.6 is 15.9 Å². The lowest BCUT2D eigenvalue weighted by molar-refractivity contribution is 0.125. The van der Waals surface area contributed by atoms with E-state index in [1.54, 1.807) is 0 Å². The van der Waals surface area contributed by atoms with Crippen molar-refractivity contribution in [3.63, 3.8) is 0 Å². The Bertz CT molecular complexity index is 1260. The van der Waals surface area contributed by atoms with Crippen molar-refractivity contribution >= 4 is 43.4 Å².